The third-order valence-corrected chi connectivity index (χ3v) is 5.57. The number of methoxy groups -OCH3 is 1. The minimum absolute atomic E-state index is 0.570. The fourth-order valence-electron chi connectivity index (χ4n) is 4.08. The molecule has 2 heterocycles. The van der Waals surface area contributed by atoms with Gasteiger partial charge >= 0.3 is 0 Å². The molecule has 0 unspecified atom stereocenters. The van der Waals surface area contributed by atoms with Gasteiger partial charge < -0.3 is 20.0 Å². The van der Waals surface area contributed by atoms with Crippen molar-refractivity contribution in [1.82, 2.24) is 9.80 Å². The van der Waals surface area contributed by atoms with Crippen LogP contribution >= 0.6 is 0 Å². The van der Waals surface area contributed by atoms with E-state index >= 15 is 0 Å². The van der Waals surface area contributed by atoms with Crippen molar-refractivity contribution in [2.24, 2.45) is 5.84 Å². The van der Waals surface area contributed by atoms with E-state index in [4.69, 9.17) is 10.6 Å². The Morgan fingerprint density at radius 2 is 1.78 bits per heavy atom. The number of hydrogen-bond donors (Lipinski definition) is 2. The standard InChI is InChI=1S/C18H30N4O/c1-21-9-7-16(8-10-21)22-11-5-14(6-12-22)17-13-15(20-19)3-4-18(17)23-2/h3-4,13-14,16,20H,5-12,19H2,1-2H3. The summed E-state index contributed by atoms with van der Waals surface area (Å²) in [6.45, 7) is 4.87. The Bertz CT molecular complexity index is 506. The normalized spacial score (nSPS) is 22.2. The molecule has 0 aromatic heterocycles. The van der Waals surface area contributed by atoms with Crippen molar-refractivity contribution in [3.63, 3.8) is 0 Å². The van der Waals surface area contributed by atoms with E-state index in [1.54, 1.807) is 7.11 Å². The zero-order valence-corrected chi connectivity index (χ0v) is 14.4. The van der Waals surface area contributed by atoms with Gasteiger partial charge in [0.25, 0.3) is 0 Å². The van der Waals surface area contributed by atoms with Crippen molar-refractivity contribution in [3.05, 3.63) is 23.8 Å². The Morgan fingerprint density at radius 3 is 2.39 bits per heavy atom. The second kappa shape index (κ2) is 7.51. The molecule has 128 valence electrons. The van der Waals surface area contributed by atoms with Gasteiger partial charge in [0, 0.05) is 11.7 Å². The zero-order chi connectivity index (χ0) is 16.2. The highest BCUT2D eigenvalue weighted by Gasteiger charge is 2.29. The molecular formula is C18H30N4O. The SMILES string of the molecule is COc1ccc(NN)cc1C1CCN(C2CCN(C)CC2)CC1. The smallest absolute Gasteiger partial charge is 0.122 e. The lowest BCUT2D eigenvalue weighted by Gasteiger charge is -2.41. The van der Waals surface area contributed by atoms with E-state index in [-0.39, 0.29) is 0 Å². The van der Waals surface area contributed by atoms with E-state index in [1.807, 2.05) is 12.1 Å². The summed E-state index contributed by atoms with van der Waals surface area (Å²) in [5, 5.41) is 0. The minimum atomic E-state index is 0.570. The number of hydrogen-bond acceptors (Lipinski definition) is 5. The molecule has 1 aromatic rings. The summed E-state index contributed by atoms with van der Waals surface area (Å²) >= 11 is 0. The second-order valence-electron chi connectivity index (χ2n) is 6.95. The van der Waals surface area contributed by atoms with E-state index in [0.29, 0.717) is 5.92 Å². The monoisotopic (exact) mass is 318 g/mol. The van der Waals surface area contributed by atoms with Crippen LogP contribution in [0.3, 0.4) is 0 Å². The molecule has 5 heteroatoms. The molecule has 0 saturated carbocycles. The molecule has 0 aliphatic carbocycles. The maximum absolute atomic E-state index is 5.57. The van der Waals surface area contributed by atoms with Crippen LogP contribution in [0, 0.1) is 0 Å². The van der Waals surface area contributed by atoms with Crippen LogP contribution in [0.15, 0.2) is 18.2 Å². The van der Waals surface area contributed by atoms with Crippen molar-refractivity contribution in [2.45, 2.75) is 37.6 Å². The van der Waals surface area contributed by atoms with Crippen molar-refractivity contribution in [1.29, 1.82) is 0 Å². The number of nitrogens with two attached hydrogens (primary N) is 1. The van der Waals surface area contributed by atoms with Gasteiger partial charge in [0.1, 0.15) is 5.75 Å². The number of anilines is 1. The minimum Gasteiger partial charge on any atom is -0.496 e. The largest absolute Gasteiger partial charge is 0.496 e. The molecule has 0 spiro atoms. The summed E-state index contributed by atoms with van der Waals surface area (Å²) in [6, 6.07) is 6.92. The molecule has 2 saturated heterocycles. The Morgan fingerprint density at radius 1 is 1.09 bits per heavy atom. The molecule has 0 radical (unpaired) electrons. The lowest BCUT2D eigenvalue weighted by atomic mass is 9.87. The van der Waals surface area contributed by atoms with Crippen LogP contribution in [0.25, 0.3) is 0 Å². The number of hydrazine groups is 1. The van der Waals surface area contributed by atoms with E-state index in [1.165, 1.54) is 57.4 Å². The summed E-state index contributed by atoms with van der Waals surface area (Å²) in [6.07, 6.45) is 5.04. The molecule has 0 bridgehead atoms. The first-order valence-corrected chi connectivity index (χ1v) is 8.78. The molecule has 0 amide bonds. The molecule has 1 aromatic carbocycles. The molecule has 0 atom stereocenters. The molecular weight excluding hydrogens is 288 g/mol. The van der Waals surface area contributed by atoms with Crippen LogP contribution in [-0.2, 0) is 0 Å². The number of nitrogens with one attached hydrogen (secondary N) is 1. The van der Waals surface area contributed by atoms with Gasteiger partial charge in [0.15, 0.2) is 0 Å². The molecule has 3 N–H and O–H groups in total. The summed E-state index contributed by atoms with van der Waals surface area (Å²) < 4.78 is 5.57. The summed E-state index contributed by atoms with van der Waals surface area (Å²) in [5.74, 6) is 7.13. The molecule has 5 nitrogen and oxygen atoms in total. The van der Waals surface area contributed by atoms with Gasteiger partial charge in [-0.1, -0.05) is 0 Å². The number of nitrogen functional groups attached to an aromatic ring is 1. The molecule has 23 heavy (non-hydrogen) atoms. The van der Waals surface area contributed by atoms with Gasteiger partial charge in [-0.15, -0.1) is 0 Å². The fraction of sp³-hybridized carbons (Fsp3) is 0.667. The molecule has 3 rings (SSSR count). The van der Waals surface area contributed by atoms with Gasteiger partial charge in [0.2, 0.25) is 0 Å². The van der Waals surface area contributed by atoms with Crippen LogP contribution in [-0.4, -0.2) is 56.2 Å². The van der Waals surface area contributed by atoms with Crippen LogP contribution in [0.5, 0.6) is 5.75 Å². The van der Waals surface area contributed by atoms with Crippen LogP contribution in [0.1, 0.15) is 37.2 Å². The first-order valence-electron chi connectivity index (χ1n) is 8.78. The molecule has 2 fully saturated rings. The zero-order valence-electron chi connectivity index (χ0n) is 14.4. The van der Waals surface area contributed by atoms with Crippen molar-refractivity contribution in [2.75, 3.05) is 45.8 Å². The maximum atomic E-state index is 5.57. The Hall–Kier alpha value is -1.30. The Balaban J connectivity index is 1.62. The van der Waals surface area contributed by atoms with Gasteiger partial charge in [-0.05, 0) is 88.6 Å². The van der Waals surface area contributed by atoms with Gasteiger partial charge in [-0.25, -0.2) is 0 Å². The summed E-state index contributed by atoms with van der Waals surface area (Å²) in [5.41, 5.74) is 5.01. The highest BCUT2D eigenvalue weighted by molar-refractivity contribution is 5.51. The van der Waals surface area contributed by atoms with Gasteiger partial charge in [0.05, 0.1) is 7.11 Å². The van der Waals surface area contributed by atoms with Gasteiger partial charge in [-0.3, -0.25) is 5.84 Å². The summed E-state index contributed by atoms with van der Waals surface area (Å²) in [4.78, 5) is 5.15. The van der Waals surface area contributed by atoms with Crippen molar-refractivity contribution in [3.8, 4) is 5.75 Å². The predicted octanol–water partition coefficient (Wildman–Crippen LogP) is 2.25. The first-order chi connectivity index (χ1) is 11.2. The average molecular weight is 318 g/mol. The Kier molecular flexibility index (Phi) is 5.41. The van der Waals surface area contributed by atoms with E-state index in [0.717, 1.165) is 17.5 Å². The van der Waals surface area contributed by atoms with Crippen molar-refractivity contribution >= 4 is 5.69 Å². The molecule has 2 aliphatic heterocycles. The van der Waals surface area contributed by atoms with E-state index in [9.17, 15) is 0 Å². The van der Waals surface area contributed by atoms with E-state index < -0.39 is 0 Å². The van der Waals surface area contributed by atoms with Gasteiger partial charge in [-0.2, -0.15) is 0 Å². The maximum Gasteiger partial charge on any atom is 0.122 e. The van der Waals surface area contributed by atoms with Crippen LogP contribution < -0.4 is 16.0 Å². The van der Waals surface area contributed by atoms with Crippen LogP contribution in [0.2, 0.25) is 0 Å². The lowest BCUT2D eigenvalue weighted by molar-refractivity contribution is 0.0963. The number of nitrogens with zero attached hydrogens (tertiary/aromatic N) is 2. The third kappa shape index (κ3) is 3.79. The quantitative estimate of drug-likeness (QED) is 0.659. The number of rotatable bonds is 4. The van der Waals surface area contributed by atoms with Crippen LogP contribution in [0.4, 0.5) is 5.69 Å². The first kappa shape index (κ1) is 16.6. The average Bonchev–Trinajstić information content (AvgIpc) is 2.62. The number of benzene rings is 1. The third-order valence-electron chi connectivity index (χ3n) is 5.57. The Labute approximate surface area is 139 Å². The fourth-order valence-corrected chi connectivity index (χ4v) is 4.08. The predicted molar refractivity (Wildman–Crippen MR) is 94.9 cm³/mol. The number of piperidine rings is 2. The lowest BCUT2D eigenvalue weighted by Crippen LogP contribution is -2.46. The number of likely N-dealkylation sites (tertiary alicyclic amines) is 2. The molecule has 2 aliphatic rings. The topological polar surface area (TPSA) is 53.8 Å². The number of ether oxygens (including phenoxy) is 1. The second-order valence-corrected chi connectivity index (χ2v) is 6.95. The highest BCUT2D eigenvalue weighted by Crippen LogP contribution is 2.36. The van der Waals surface area contributed by atoms with Crippen molar-refractivity contribution < 1.29 is 4.74 Å². The summed E-state index contributed by atoms with van der Waals surface area (Å²) in [7, 11) is 3.98. The highest BCUT2D eigenvalue weighted by atomic mass is 16.5. The van der Waals surface area contributed by atoms with E-state index in [2.05, 4.69) is 28.3 Å².